The van der Waals surface area contributed by atoms with Crippen molar-refractivity contribution >= 4 is 29.4 Å². The lowest BCUT2D eigenvalue weighted by molar-refractivity contribution is -0.152. The number of fused-ring (bicyclic) bond motifs is 2. The molecule has 25 heavy (non-hydrogen) atoms. The number of esters is 1. The van der Waals surface area contributed by atoms with Crippen LogP contribution in [0.5, 0.6) is 11.5 Å². The molecule has 3 aliphatic rings. The number of carbonyl (C=O) groups excluding carboxylic acids is 3. The van der Waals surface area contributed by atoms with E-state index in [1.54, 1.807) is 34.9 Å². The van der Waals surface area contributed by atoms with Crippen molar-refractivity contribution in [2.24, 2.45) is 0 Å². The second-order valence-corrected chi connectivity index (χ2v) is 7.87. The lowest BCUT2D eigenvalue weighted by Crippen LogP contribution is -2.46. The summed E-state index contributed by atoms with van der Waals surface area (Å²) < 4.78 is 15.6. The molecule has 0 unspecified atom stereocenters. The van der Waals surface area contributed by atoms with Gasteiger partial charge in [-0.3, -0.25) is 9.59 Å². The Morgan fingerprint density at radius 2 is 2.16 bits per heavy atom. The minimum atomic E-state index is -0.616. The third-order valence-electron chi connectivity index (χ3n) is 4.76. The van der Waals surface area contributed by atoms with Crippen molar-refractivity contribution in [3.8, 4) is 11.5 Å². The summed E-state index contributed by atoms with van der Waals surface area (Å²) in [5.41, 5.74) is 0.389. The van der Waals surface area contributed by atoms with Crippen molar-refractivity contribution in [1.82, 2.24) is 4.90 Å². The summed E-state index contributed by atoms with van der Waals surface area (Å²) in [7, 11) is 0. The van der Waals surface area contributed by atoms with Gasteiger partial charge in [-0.1, -0.05) is 0 Å². The summed E-state index contributed by atoms with van der Waals surface area (Å²) in [6.07, 6.45) is 1.18. The zero-order valence-corrected chi connectivity index (χ0v) is 14.5. The van der Waals surface area contributed by atoms with Gasteiger partial charge < -0.3 is 19.1 Å². The highest BCUT2D eigenvalue weighted by molar-refractivity contribution is 8.01. The molecule has 7 nitrogen and oxygen atoms in total. The van der Waals surface area contributed by atoms with E-state index in [4.69, 9.17) is 14.2 Å². The summed E-state index contributed by atoms with van der Waals surface area (Å²) in [5, 5.41) is 0. The summed E-state index contributed by atoms with van der Waals surface area (Å²) in [6.45, 7) is 1.73. The first-order valence-corrected chi connectivity index (χ1v) is 9.02. The van der Waals surface area contributed by atoms with E-state index in [1.807, 2.05) is 6.92 Å². The second kappa shape index (κ2) is 5.94. The number of ether oxygens (including phenoxy) is 3. The Morgan fingerprint density at radius 3 is 3.00 bits per heavy atom. The van der Waals surface area contributed by atoms with Gasteiger partial charge in [0.1, 0.15) is 6.04 Å². The van der Waals surface area contributed by atoms with Gasteiger partial charge in [0.15, 0.2) is 23.9 Å². The average molecular weight is 363 g/mol. The summed E-state index contributed by atoms with van der Waals surface area (Å²) in [6, 6.07) is 4.22. The topological polar surface area (TPSA) is 82.1 Å². The molecule has 1 aromatic carbocycles. The van der Waals surface area contributed by atoms with E-state index in [0.29, 0.717) is 29.2 Å². The van der Waals surface area contributed by atoms with E-state index in [9.17, 15) is 14.4 Å². The molecule has 0 aromatic heterocycles. The molecule has 0 radical (unpaired) electrons. The third-order valence-corrected chi connectivity index (χ3v) is 6.26. The van der Waals surface area contributed by atoms with Crippen LogP contribution in [0, 0.1) is 0 Å². The first-order valence-electron chi connectivity index (χ1n) is 8.03. The molecule has 0 saturated carbocycles. The molecular formula is C17H17NO6S. The van der Waals surface area contributed by atoms with E-state index in [-0.39, 0.29) is 30.0 Å². The van der Waals surface area contributed by atoms with Crippen LogP contribution in [-0.4, -0.2) is 52.6 Å². The second-order valence-electron chi connectivity index (χ2n) is 6.36. The minimum Gasteiger partial charge on any atom is -0.456 e. The number of rotatable bonds is 4. The van der Waals surface area contributed by atoms with E-state index < -0.39 is 12.0 Å². The highest BCUT2D eigenvalue weighted by atomic mass is 32.2. The van der Waals surface area contributed by atoms with Gasteiger partial charge >= 0.3 is 5.97 Å². The lowest BCUT2D eigenvalue weighted by atomic mass is 10.1. The van der Waals surface area contributed by atoms with Crippen LogP contribution in [0.2, 0.25) is 0 Å². The first kappa shape index (κ1) is 16.3. The number of amides is 1. The number of Topliss-reactive ketones (excluding diaryl/α,β-unsaturated/α-hetero) is 1. The van der Waals surface area contributed by atoms with Crippen molar-refractivity contribution in [3.63, 3.8) is 0 Å². The molecule has 0 N–H and O–H groups in total. The van der Waals surface area contributed by atoms with Crippen LogP contribution < -0.4 is 9.47 Å². The molecule has 2 fully saturated rings. The van der Waals surface area contributed by atoms with Crippen molar-refractivity contribution in [3.05, 3.63) is 23.8 Å². The van der Waals surface area contributed by atoms with Crippen LogP contribution in [0.4, 0.5) is 0 Å². The first-order chi connectivity index (χ1) is 12.0. The molecule has 1 amide bonds. The zero-order valence-electron chi connectivity index (χ0n) is 13.6. The maximum Gasteiger partial charge on any atom is 0.330 e. The Morgan fingerprint density at radius 1 is 1.36 bits per heavy atom. The Balaban J connectivity index is 1.39. The molecule has 2 atom stereocenters. The summed E-state index contributed by atoms with van der Waals surface area (Å²) in [4.78, 5) is 38.0. The maximum atomic E-state index is 12.4. The Hall–Kier alpha value is -2.22. The number of carbonyl (C=O) groups is 3. The highest BCUT2D eigenvalue weighted by Gasteiger charge is 2.53. The third kappa shape index (κ3) is 2.74. The fraction of sp³-hybridized carbons (Fsp3) is 0.471. The quantitative estimate of drug-likeness (QED) is 0.593. The SMILES string of the molecule is C[C@@]12CCC(=O)N1[C@H](C(=O)OCC(=O)c1ccc3c(c1)OCO3)CS2. The van der Waals surface area contributed by atoms with Gasteiger partial charge in [0.05, 0.1) is 4.87 Å². The Labute approximate surface area is 148 Å². The number of ketones is 1. The lowest BCUT2D eigenvalue weighted by Gasteiger charge is -2.29. The van der Waals surface area contributed by atoms with Crippen molar-refractivity contribution < 1.29 is 28.6 Å². The molecule has 8 heteroatoms. The fourth-order valence-electron chi connectivity index (χ4n) is 3.38. The number of hydrogen-bond acceptors (Lipinski definition) is 7. The van der Waals surface area contributed by atoms with Gasteiger partial charge in [-0.05, 0) is 31.5 Å². The predicted octanol–water partition coefficient (Wildman–Crippen LogP) is 1.60. The standard InChI is InChI=1S/C17H17NO6S/c1-17-5-4-15(20)18(17)11(8-25-17)16(21)22-7-12(19)10-2-3-13-14(6-10)24-9-23-13/h2-3,6,11H,4-5,7-9H2,1H3/t11-,17+/m0/s1. The van der Waals surface area contributed by atoms with Crippen LogP contribution in [0.25, 0.3) is 0 Å². The van der Waals surface area contributed by atoms with Crippen LogP contribution in [0.15, 0.2) is 18.2 Å². The zero-order chi connectivity index (χ0) is 17.6. The molecule has 1 aromatic rings. The van der Waals surface area contributed by atoms with Crippen LogP contribution >= 0.6 is 11.8 Å². The smallest absolute Gasteiger partial charge is 0.330 e. The number of hydrogen-bond donors (Lipinski definition) is 0. The average Bonchev–Trinajstić information content (AvgIpc) is 3.27. The van der Waals surface area contributed by atoms with Gasteiger partial charge in [0.2, 0.25) is 12.7 Å². The molecule has 0 aliphatic carbocycles. The molecule has 3 aliphatic heterocycles. The summed E-state index contributed by atoms with van der Waals surface area (Å²) in [5.74, 6) is 0.704. The van der Waals surface area contributed by atoms with Gasteiger partial charge in [0.25, 0.3) is 0 Å². The normalized spacial score (nSPS) is 26.7. The number of benzene rings is 1. The monoisotopic (exact) mass is 363 g/mol. The van der Waals surface area contributed by atoms with E-state index >= 15 is 0 Å². The number of nitrogens with zero attached hydrogens (tertiary/aromatic N) is 1. The van der Waals surface area contributed by atoms with Crippen LogP contribution in [-0.2, 0) is 14.3 Å². The molecule has 0 spiro atoms. The Bertz CT molecular complexity index is 766. The molecule has 2 saturated heterocycles. The maximum absolute atomic E-state index is 12.4. The molecule has 4 rings (SSSR count). The van der Waals surface area contributed by atoms with Gasteiger partial charge in [-0.2, -0.15) is 0 Å². The molecule has 0 bridgehead atoms. The number of thioether (sulfide) groups is 1. The summed E-state index contributed by atoms with van der Waals surface area (Å²) >= 11 is 1.59. The van der Waals surface area contributed by atoms with Gasteiger partial charge in [-0.25, -0.2) is 4.79 Å². The van der Waals surface area contributed by atoms with Crippen LogP contribution in [0.3, 0.4) is 0 Å². The van der Waals surface area contributed by atoms with Gasteiger partial charge in [-0.15, -0.1) is 11.8 Å². The predicted molar refractivity (Wildman–Crippen MR) is 88.6 cm³/mol. The highest BCUT2D eigenvalue weighted by Crippen LogP contribution is 2.47. The largest absolute Gasteiger partial charge is 0.456 e. The van der Waals surface area contributed by atoms with Crippen molar-refractivity contribution in [1.29, 1.82) is 0 Å². The van der Waals surface area contributed by atoms with Gasteiger partial charge in [0, 0.05) is 17.7 Å². The molecule has 132 valence electrons. The molecular weight excluding hydrogens is 346 g/mol. The fourth-order valence-corrected chi connectivity index (χ4v) is 4.80. The van der Waals surface area contributed by atoms with E-state index in [1.165, 1.54) is 0 Å². The Kier molecular flexibility index (Phi) is 3.87. The van der Waals surface area contributed by atoms with Crippen molar-refractivity contribution in [2.75, 3.05) is 19.2 Å². The van der Waals surface area contributed by atoms with E-state index in [2.05, 4.69) is 0 Å². The van der Waals surface area contributed by atoms with Crippen molar-refractivity contribution in [2.45, 2.75) is 30.7 Å². The van der Waals surface area contributed by atoms with Crippen LogP contribution in [0.1, 0.15) is 30.1 Å². The molecule has 3 heterocycles. The minimum absolute atomic E-state index is 0.0310. The van der Waals surface area contributed by atoms with E-state index in [0.717, 1.165) is 6.42 Å².